The molecule has 6 rings (SSSR count). The molecule has 8 nitrogen and oxygen atoms in total. The minimum atomic E-state index is -0.911. The number of carbonyl (C=O) groups is 3. The lowest BCUT2D eigenvalue weighted by Gasteiger charge is -2.40. The number of hydrogen-bond acceptors (Lipinski definition) is 6. The van der Waals surface area contributed by atoms with Gasteiger partial charge in [0, 0.05) is 42.2 Å². The first-order valence-corrected chi connectivity index (χ1v) is 15.2. The van der Waals surface area contributed by atoms with Gasteiger partial charge in [-0.2, -0.15) is 0 Å². The first-order valence-electron chi connectivity index (χ1n) is 14.3. The SMILES string of the molecule is O=C(O)C[C@@H]1C(=O)N(c2nc(-c3ccccc3-c3ccc(N4CCCC4=O)nc3)cs2)CCCC[C@@H]1C1CCC1. The summed E-state index contributed by atoms with van der Waals surface area (Å²) in [6.45, 7) is 1.26. The van der Waals surface area contributed by atoms with Crippen molar-refractivity contribution in [2.24, 2.45) is 17.8 Å². The molecule has 0 bridgehead atoms. The van der Waals surface area contributed by atoms with Gasteiger partial charge in [-0.05, 0) is 48.8 Å². The van der Waals surface area contributed by atoms with E-state index < -0.39 is 11.9 Å². The second-order valence-electron chi connectivity index (χ2n) is 11.2. The third-order valence-corrected chi connectivity index (χ3v) is 9.62. The Balaban J connectivity index is 1.27. The minimum Gasteiger partial charge on any atom is -0.481 e. The molecule has 1 aliphatic carbocycles. The summed E-state index contributed by atoms with van der Waals surface area (Å²) in [4.78, 5) is 50.8. The van der Waals surface area contributed by atoms with Gasteiger partial charge >= 0.3 is 5.97 Å². The van der Waals surface area contributed by atoms with Crippen LogP contribution < -0.4 is 9.80 Å². The molecule has 0 radical (unpaired) electrons. The van der Waals surface area contributed by atoms with E-state index in [2.05, 4.69) is 4.98 Å². The molecule has 2 aromatic heterocycles. The van der Waals surface area contributed by atoms with E-state index in [1.807, 2.05) is 41.8 Å². The van der Waals surface area contributed by atoms with Crippen molar-refractivity contribution in [3.05, 3.63) is 48.0 Å². The topological polar surface area (TPSA) is 104 Å². The van der Waals surface area contributed by atoms with E-state index in [1.165, 1.54) is 17.8 Å². The number of thiazole rings is 1. The summed E-state index contributed by atoms with van der Waals surface area (Å²) in [5.41, 5.74) is 3.60. The second-order valence-corrected chi connectivity index (χ2v) is 12.0. The van der Waals surface area contributed by atoms with E-state index in [9.17, 15) is 19.5 Å². The Bertz CT molecular complexity index is 1400. The molecule has 40 heavy (non-hydrogen) atoms. The van der Waals surface area contributed by atoms with Crippen molar-refractivity contribution >= 4 is 40.1 Å². The molecule has 1 saturated carbocycles. The van der Waals surface area contributed by atoms with Crippen molar-refractivity contribution in [2.75, 3.05) is 22.9 Å². The maximum absolute atomic E-state index is 13.9. The largest absolute Gasteiger partial charge is 0.481 e. The Labute approximate surface area is 238 Å². The number of nitrogens with zero attached hydrogens (tertiary/aromatic N) is 4. The van der Waals surface area contributed by atoms with Crippen molar-refractivity contribution in [3.8, 4) is 22.4 Å². The highest BCUT2D eigenvalue weighted by molar-refractivity contribution is 7.14. The molecule has 0 unspecified atom stereocenters. The average Bonchev–Trinajstić information content (AvgIpc) is 3.58. The first kappa shape index (κ1) is 26.6. The lowest BCUT2D eigenvalue weighted by atomic mass is 9.67. The molecule has 3 aliphatic rings. The van der Waals surface area contributed by atoms with Crippen molar-refractivity contribution in [2.45, 2.75) is 57.8 Å². The number of benzene rings is 1. The number of aromatic nitrogens is 2. The molecule has 2 amide bonds. The van der Waals surface area contributed by atoms with Crippen molar-refractivity contribution in [1.82, 2.24) is 9.97 Å². The number of anilines is 2. The Hall–Kier alpha value is -3.59. The summed E-state index contributed by atoms with van der Waals surface area (Å²) in [6, 6.07) is 11.9. The van der Waals surface area contributed by atoms with Crippen molar-refractivity contribution < 1.29 is 19.5 Å². The van der Waals surface area contributed by atoms with Gasteiger partial charge in [-0.1, -0.05) is 49.9 Å². The van der Waals surface area contributed by atoms with Crippen LogP contribution in [0.1, 0.15) is 57.8 Å². The molecule has 3 fully saturated rings. The monoisotopic (exact) mass is 558 g/mol. The summed E-state index contributed by atoms with van der Waals surface area (Å²) < 4.78 is 0. The lowest BCUT2D eigenvalue weighted by Crippen LogP contribution is -2.45. The fourth-order valence-electron chi connectivity index (χ4n) is 6.46. The summed E-state index contributed by atoms with van der Waals surface area (Å²) in [5.74, 6) is -0.141. The predicted octanol–water partition coefficient (Wildman–Crippen LogP) is 6.02. The highest BCUT2D eigenvalue weighted by Crippen LogP contribution is 2.44. The van der Waals surface area contributed by atoms with Crippen LogP contribution in [0.15, 0.2) is 48.0 Å². The third kappa shape index (κ3) is 5.27. The first-order chi connectivity index (χ1) is 19.5. The van der Waals surface area contributed by atoms with Gasteiger partial charge in [0.05, 0.1) is 18.0 Å². The van der Waals surface area contributed by atoms with Gasteiger partial charge < -0.3 is 5.11 Å². The van der Waals surface area contributed by atoms with Crippen LogP contribution in [0.4, 0.5) is 10.9 Å². The van der Waals surface area contributed by atoms with Gasteiger partial charge in [-0.3, -0.25) is 24.2 Å². The van der Waals surface area contributed by atoms with E-state index in [4.69, 9.17) is 4.98 Å². The molecule has 2 aliphatic heterocycles. The quantitative estimate of drug-likeness (QED) is 0.380. The minimum absolute atomic E-state index is 0.0931. The molecule has 3 aromatic rings. The van der Waals surface area contributed by atoms with Gasteiger partial charge in [0.15, 0.2) is 5.13 Å². The highest BCUT2D eigenvalue weighted by atomic mass is 32.1. The third-order valence-electron chi connectivity index (χ3n) is 8.75. The molecular formula is C31H34N4O4S. The number of aliphatic carboxylic acids is 1. The van der Waals surface area contributed by atoms with E-state index in [0.717, 1.165) is 60.9 Å². The number of hydrogen-bond donors (Lipinski definition) is 1. The summed E-state index contributed by atoms with van der Waals surface area (Å²) >= 11 is 1.43. The van der Waals surface area contributed by atoms with Crippen LogP contribution in [-0.4, -0.2) is 45.9 Å². The van der Waals surface area contributed by atoms with E-state index in [-0.39, 0.29) is 24.2 Å². The molecule has 2 saturated heterocycles. The van der Waals surface area contributed by atoms with Gasteiger partial charge in [0.25, 0.3) is 0 Å². The summed E-state index contributed by atoms with van der Waals surface area (Å²) in [5, 5.41) is 12.3. The summed E-state index contributed by atoms with van der Waals surface area (Å²) in [7, 11) is 0. The van der Waals surface area contributed by atoms with Gasteiger partial charge in [0.1, 0.15) is 5.82 Å². The van der Waals surface area contributed by atoms with E-state index >= 15 is 0 Å². The number of pyridine rings is 1. The van der Waals surface area contributed by atoms with Crippen LogP contribution in [0, 0.1) is 17.8 Å². The van der Waals surface area contributed by atoms with Crippen LogP contribution in [-0.2, 0) is 14.4 Å². The normalized spacial score (nSPS) is 22.2. The molecule has 4 heterocycles. The molecule has 2 atom stereocenters. The fraction of sp³-hybridized carbons (Fsp3) is 0.452. The zero-order chi connectivity index (χ0) is 27.6. The van der Waals surface area contributed by atoms with Crippen molar-refractivity contribution in [1.29, 1.82) is 0 Å². The van der Waals surface area contributed by atoms with E-state index in [0.29, 0.717) is 36.4 Å². The molecule has 0 spiro atoms. The number of rotatable bonds is 7. The average molecular weight is 559 g/mol. The van der Waals surface area contributed by atoms with Crippen LogP contribution in [0.5, 0.6) is 0 Å². The molecule has 9 heteroatoms. The number of amides is 2. The highest BCUT2D eigenvalue weighted by Gasteiger charge is 2.41. The second kappa shape index (κ2) is 11.5. The smallest absolute Gasteiger partial charge is 0.304 e. The molecule has 208 valence electrons. The van der Waals surface area contributed by atoms with Gasteiger partial charge in [-0.15, -0.1) is 11.3 Å². The maximum atomic E-state index is 13.9. The van der Waals surface area contributed by atoms with Crippen molar-refractivity contribution in [3.63, 3.8) is 0 Å². The molecule has 1 N–H and O–H groups in total. The molecular weight excluding hydrogens is 524 g/mol. The Morgan fingerprint density at radius 2 is 1.75 bits per heavy atom. The van der Waals surface area contributed by atoms with Crippen LogP contribution in [0.2, 0.25) is 0 Å². The van der Waals surface area contributed by atoms with Gasteiger partial charge in [0.2, 0.25) is 11.8 Å². The Morgan fingerprint density at radius 3 is 2.42 bits per heavy atom. The number of carbonyl (C=O) groups excluding carboxylic acids is 2. The fourth-order valence-corrected chi connectivity index (χ4v) is 7.32. The van der Waals surface area contributed by atoms with Gasteiger partial charge in [-0.25, -0.2) is 9.97 Å². The van der Waals surface area contributed by atoms with Crippen LogP contribution >= 0.6 is 11.3 Å². The zero-order valence-corrected chi connectivity index (χ0v) is 23.3. The Morgan fingerprint density at radius 1 is 0.950 bits per heavy atom. The van der Waals surface area contributed by atoms with Crippen LogP contribution in [0.25, 0.3) is 22.4 Å². The van der Waals surface area contributed by atoms with E-state index in [1.54, 1.807) is 16.0 Å². The zero-order valence-electron chi connectivity index (χ0n) is 22.5. The number of carboxylic acids is 1. The van der Waals surface area contributed by atoms with Crippen LogP contribution in [0.3, 0.4) is 0 Å². The number of carboxylic acid groups (broad SMARTS) is 1. The Kier molecular flexibility index (Phi) is 7.65. The summed E-state index contributed by atoms with van der Waals surface area (Å²) in [6.07, 6.45) is 9.26. The maximum Gasteiger partial charge on any atom is 0.304 e. The standard InChI is InChI=1S/C31H34N4O4S/c36-28-12-6-16-34(28)27-14-13-21(18-32-27)23-9-1-2-11-24(23)26-19-40-31(33-26)35-15-4-3-10-22(20-7-5-8-20)25(30(35)39)17-29(37)38/h1-2,9,11,13-14,18-20,22,25H,3-8,10,12,15-17H2,(H,37,38)/t22-,25+/m1/s1. The molecule has 1 aromatic carbocycles. The predicted molar refractivity (Wildman–Crippen MR) is 155 cm³/mol. The lowest BCUT2D eigenvalue weighted by molar-refractivity contribution is -0.142.